The normalized spacial score (nSPS) is 13.6. The van der Waals surface area contributed by atoms with Crippen LogP contribution in [0.5, 0.6) is 0 Å². The lowest BCUT2D eigenvalue weighted by Gasteiger charge is -2.12. The summed E-state index contributed by atoms with van der Waals surface area (Å²) < 4.78 is 10.3. The third-order valence-corrected chi connectivity index (χ3v) is 8.05. The molecule has 0 aliphatic heterocycles. The number of aliphatic hydroxyl groups is 2. The molecule has 0 heterocycles. The number of carbonyl (C=O) groups excluding carboxylic acids is 2. The van der Waals surface area contributed by atoms with Gasteiger partial charge in [0.05, 0.1) is 6.10 Å². The van der Waals surface area contributed by atoms with Crippen molar-refractivity contribution in [3.8, 4) is 0 Å². The minimum atomic E-state index is -1.01. The van der Waals surface area contributed by atoms with Crippen molar-refractivity contribution in [2.24, 2.45) is 0 Å². The van der Waals surface area contributed by atoms with Gasteiger partial charge in [0.25, 0.3) is 0 Å². The Kier molecular flexibility index (Phi) is 36.0. The molecule has 0 aliphatic carbocycles. The first kappa shape index (κ1) is 46.3. The standard InChI is InChI=1S/C43H72O6/c1-3-5-7-8-9-10-11-12-13-16-19-22-25-28-32-36-42(46)48-38-41(45)39-49-43(47)37-33-29-26-23-20-17-14-15-18-21-24-27-31-35-40(44)34-30-6-4-2/h6,15,17-18,20,24,26-27,29-31,35,40-41,44-45H,3-5,7-14,16,19,21-23,25,28,32-34,36-39H2,1-2H3/b18-15-,20-17-,27-24+,29-26-,30-6-,35-31+/t40?,41-/m0/s1. The highest BCUT2D eigenvalue weighted by molar-refractivity contribution is 5.70. The topological polar surface area (TPSA) is 93.1 Å². The highest BCUT2D eigenvalue weighted by Gasteiger charge is 2.11. The highest BCUT2D eigenvalue weighted by Crippen LogP contribution is 2.14. The number of hydrogen-bond donors (Lipinski definition) is 2. The predicted molar refractivity (Wildman–Crippen MR) is 206 cm³/mol. The average molecular weight is 685 g/mol. The fourth-order valence-electron chi connectivity index (χ4n) is 5.08. The molecule has 0 bridgehead atoms. The molecule has 0 rings (SSSR count). The predicted octanol–water partition coefficient (Wildman–Crippen LogP) is 11.1. The van der Waals surface area contributed by atoms with Crippen molar-refractivity contribution in [1.29, 1.82) is 0 Å². The summed E-state index contributed by atoms with van der Waals surface area (Å²) in [6.45, 7) is 4.02. The zero-order chi connectivity index (χ0) is 35.9. The van der Waals surface area contributed by atoms with Crippen LogP contribution in [0.15, 0.2) is 72.9 Å². The van der Waals surface area contributed by atoms with Crippen LogP contribution in [-0.2, 0) is 19.1 Å². The van der Waals surface area contributed by atoms with Crippen molar-refractivity contribution in [2.75, 3.05) is 13.2 Å². The monoisotopic (exact) mass is 685 g/mol. The first-order chi connectivity index (χ1) is 24.0. The van der Waals surface area contributed by atoms with Crippen molar-refractivity contribution in [3.05, 3.63) is 72.9 Å². The number of unbranched alkanes of at least 4 members (excludes halogenated alkanes) is 14. The summed E-state index contributed by atoms with van der Waals surface area (Å²) in [5.41, 5.74) is 0. The third-order valence-electron chi connectivity index (χ3n) is 8.05. The second-order valence-corrected chi connectivity index (χ2v) is 12.9. The van der Waals surface area contributed by atoms with E-state index in [0.29, 0.717) is 19.3 Å². The van der Waals surface area contributed by atoms with Crippen LogP contribution < -0.4 is 0 Å². The fourth-order valence-corrected chi connectivity index (χ4v) is 5.08. The summed E-state index contributed by atoms with van der Waals surface area (Å²) in [5, 5.41) is 19.8. The van der Waals surface area contributed by atoms with Gasteiger partial charge in [-0.25, -0.2) is 0 Å². The van der Waals surface area contributed by atoms with Crippen molar-refractivity contribution in [1.82, 2.24) is 0 Å². The van der Waals surface area contributed by atoms with E-state index in [1.165, 1.54) is 77.0 Å². The summed E-state index contributed by atoms with van der Waals surface area (Å²) in [6.07, 6.45) is 47.2. The molecule has 280 valence electrons. The summed E-state index contributed by atoms with van der Waals surface area (Å²) in [5.74, 6) is -0.682. The zero-order valence-electron chi connectivity index (χ0n) is 31.3. The number of aliphatic hydroxyl groups excluding tert-OH is 2. The van der Waals surface area contributed by atoms with E-state index in [9.17, 15) is 19.8 Å². The lowest BCUT2D eigenvalue weighted by Crippen LogP contribution is -2.25. The molecule has 0 aliphatic rings. The second-order valence-electron chi connectivity index (χ2n) is 12.9. The molecule has 6 nitrogen and oxygen atoms in total. The van der Waals surface area contributed by atoms with E-state index < -0.39 is 12.2 Å². The molecule has 0 spiro atoms. The molecule has 6 heteroatoms. The van der Waals surface area contributed by atoms with Crippen LogP contribution in [0.3, 0.4) is 0 Å². The molecule has 2 N–H and O–H groups in total. The number of carbonyl (C=O) groups is 2. The van der Waals surface area contributed by atoms with Crippen LogP contribution in [-0.4, -0.2) is 47.6 Å². The van der Waals surface area contributed by atoms with E-state index in [0.717, 1.165) is 44.9 Å². The van der Waals surface area contributed by atoms with Crippen LogP contribution in [0.2, 0.25) is 0 Å². The molecule has 2 atom stereocenters. The van der Waals surface area contributed by atoms with Gasteiger partial charge in [-0.3, -0.25) is 9.59 Å². The van der Waals surface area contributed by atoms with E-state index in [4.69, 9.17) is 9.47 Å². The van der Waals surface area contributed by atoms with E-state index in [1.807, 2.05) is 30.4 Å². The Labute approximate surface area is 300 Å². The Balaban J connectivity index is 3.62. The molecule has 0 saturated carbocycles. The average Bonchev–Trinajstić information content (AvgIpc) is 3.09. The van der Waals surface area contributed by atoms with Crippen LogP contribution in [0.25, 0.3) is 0 Å². The van der Waals surface area contributed by atoms with Crippen LogP contribution >= 0.6 is 0 Å². The van der Waals surface area contributed by atoms with Gasteiger partial charge in [0.15, 0.2) is 0 Å². The number of hydrogen-bond acceptors (Lipinski definition) is 6. The molecule has 0 aromatic rings. The molecule has 0 amide bonds. The van der Waals surface area contributed by atoms with Crippen LogP contribution in [0.4, 0.5) is 0 Å². The quantitative estimate of drug-likeness (QED) is 0.0303. The van der Waals surface area contributed by atoms with E-state index in [1.54, 1.807) is 6.08 Å². The molecular formula is C43H72O6. The van der Waals surface area contributed by atoms with Gasteiger partial charge in [0.2, 0.25) is 0 Å². The summed E-state index contributed by atoms with van der Waals surface area (Å²) >= 11 is 0. The Bertz CT molecular complexity index is 929. The SMILES string of the molecule is CC/C=C\CC(O)/C=C/C=C/C/C=C\C/C=C\C/C=C\CCC(=O)OC[C@@H](O)COC(=O)CCCCCCCCCCCCCCCCC. The molecule has 1 unspecified atom stereocenters. The molecule has 0 aromatic heterocycles. The van der Waals surface area contributed by atoms with Crippen molar-refractivity contribution >= 4 is 11.9 Å². The molecule has 0 saturated heterocycles. The minimum absolute atomic E-state index is 0.150. The number of ether oxygens (including phenoxy) is 2. The van der Waals surface area contributed by atoms with Crippen LogP contribution in [0, 0.1) is 0 Å². The maximum atomic E-state index is 12.0. The Morgan fingerprint density at radius 1 is 0.531 bits per heavy atom. The van der Waals surface area contributed by atoms with Crippen molar-refractivity contribution < 1.29 is 29.3 Å². The number of esters is 2. The largest absolute Gasteiger partial charge is 0.463 e. The maximum Gasteiger partial charge on any atom is 0.306 e. The molecule has 0 aromatic carbocycles. The Hall–Kier alpha value is -2.70. The van der Waals surface area contributed by atoms with Gasteiger partial charge in [-0.15, -0.1) is 0 Å². The Morgan fingerprint density at radius 2 is 1.00 bits per heavy atom. The number of allylic oxidation sites excluding steroid dienone is 10. The summed E-state index contributed by atoms with van der Waals surface area (Å²) in [4.78, 5) is 23.9. The van der Waals surface area contributed by atoms with E-state index in [-0.39, 0.29) is 31.6 Å². The minimum Gasteiger partial charge on any atom is -0.463 e. The molecular weight excluding hydrogens is 612 g/mol. The summed E-state index contributed by atoms with van der Waals surface area (Å²) in [6, 6.07) is 0. The van der Waals surface area contributed by atoms with Crippen molar-refractivity contribution in [2.45, 2.75) is 174 Å². The van der Waals surface area contributed by atoms with E-state index >= 15 is 0 Å². The maximum absolute atomic E-state index is 12.0. The lowest BCUT2D eigenvalue weighted by atomic mass is 10.0. The van der Waals surface area contributed by atoms with Gasteiger partial charge in [-0.2, -0.15) is 0 Å². The number of rotatable bonds is 34. The van der Waals surface area contributed by atoms with Gasteiger partial charge in [-0.05, 0) is 44.9 Å². The third kappa shape index (κ3) is 38.0. The van der Waals surface area contributed by atoms with E-state index in [2.05, 4.69) is 50.3 Å². The van der Waals surface area contributed by atoms with Gasteiger partial charge in [0, 0.05) is 12.8 Å². The first-order valence-corrected chi connectivity index (χ1v) is 19.6. The molecule has 49 heavy (non-hydrogen) atoms. The first-order valence-electron chi connectivity index (χ1n) is 19.6. The van der Waals surface area contributed by atoms with Gasteiger partial charge < -0.3 is 19.7 Å². The Morgan fingerprint density at radius 3 is 1.53 bits per heavy atom. The lowest BCUT2D eigenvalue weighted by molar-refractivity contribution is -0.152. The van der Waals surface area contributed by atoms with Gasteiger partial charge >= 0.3 is 11.9 Å². The molecule has 0 fully saturated rings. The zero-order valence-corrected chi connectivity index (χ0v) is 31.3. The van der Waals surface area contributed by atoms with Crippen LogP contribution in [0.1, 0.15) is 162 Å². The second kappa shape index (κ2) is 38.1. The highest BCUT2D eigenvalue weighted by atomic mass is 16.6. The van der Waals surface area contributed by atoms with Crippen molar-refractivity contribution in [3.63, 3.8) is 0 Å². The van der Waals surface area contributed by atoms with Gasteiger partial charge in [0.1, 0.15) is 19.3 Å². The van der Waals surface area contributed by atoms with Gasteiger partial charge in [-0.1, -0.05) is 177 Å². The fraction of sp³-hybridized carbons (Fsp3) is 0.674. The molecule has 0 radical (unpaired) electrons. The summed E-state index contributed by atoms with van der Waals surface area (Å²) in [7, 11) is 0. The smallest absolute Gasteiger partial charge is 0.306 e.